The molecule has 0 fully saturated rings. The maximum absolute atomic E-state index is 13.6. The van der Waals surface area contributed by atoms with Crippen LogP contribution < -0.4 is 10.6 Å². The van der Waals surface area contributed by atoms with Crippen LogP contribution in [0.1, 0.15) is 6.92 Å². The number of fused-ring (bicyclic) bond motifs is 1. The predicted octanol–water partition coefficient (Wildman–Crippen LogP) is 4.42. The summed E-state index contributed by atoms with van der Waals surface area (Å²) in [5, 5.41) is 7.97. The molecule has 0 bridgehead atoms. The van der Waals surface area contributed by atoms with Crippen molar-refractivity contribution in [3.63, 3.8) is 0 Å². The molecule has 0 heterocycles. The van der Waals surface area contributed by atoms with Gasteiger partial charge >= 0.3 is 0 Å². The molecule has 0 radical (unpaired) electrons. The van der Waals surface area contributed by atoms with Crippen molar-refractivity contribution in [2.75, 3.05) is 10.6 Å². The van der Waals surface area contributed by atoms with Crippen LogP contribution in [0.25, 0.3) is 10.8 Å². The van der Waals surface area contributed by atoms with E-state index in [0.29, 0.717) is 0 Å². The largest absolute Gasteiger partial charge is 0.374 e. The normalized spacial score (nSPS) is 11.9. The molecule has 0 saturated heterocycles. The zero-order valence-corrected chi connectivity index (χ0v) is 12.7. The van der Waals surface area contributed by atoms with E-state index in [1.54, 1.807) is 19.1 Å². The number of hydrogen-bond donors (Lipinski definition) is 2. The molecule has 1 amide bonds. The molecule has 0 aliphatic carbocycles. The smallest absolute Gasteiger partial charge is 0.246 e. The van der Waals surface area contributed by atoms with Crippen LogP contribution in [0.15, 0.2) is 66.7 Å². The van der Waals surface area contributed by atoms with E-state index in [0.717, 1.165) is 16.5 Å². The van der Waals surface area contributed by atoms with Gasteiger partial charge in [-0.2, -0.15) is 0 Å². The molecule has 0 aliphatic heterocycles. The van der Waals surface area contributed by atoms with Gasteiger partial charge in [0, 0.05) is 5.69 Å². The first-order valence-corrected chi connectivity index (χ1v) is 7.44. The van der Waals surface area contributed by atoms with Crippen molar-refractivity contribution in [1.82, 2.24) is 0 Å². The summed E-state index contributed by atoms with van der Waals surface area (Å²) in [6.45, 7) is 1.74. The monoisotopic (exact) mass is 308 g/mol. The van der Waals surface area contributed by atoms with Gasteiger partial charge in [0.25, 0.3) is 0 Å². The lowest BCUT2D eigenvalue weighted by molar-refractivity contribution is -0.116. The van der Waals surface area contributed by atoms with Crippen LogP contribution in [-0.4, -0.2) is 11.9 Å². The number of carbonyl (C=O) groups is 1. The molecule has 1 atom stereocenters. The third kappa shape index (κ3) is 3.48. The molecular formula is C19H17FN2O. The Labute approximate surface area is 134 Å². The molecule has 0 aromatic heterocycles. The Hall–Kier alpha value is -2.88. The van der Waals surface area contributed by atoms with Crippen molar-refractivity contribution in [3.05, 3.63) is 72.5 Å². The Morgan fingerprint density at radius 2 is 1.65 bits per heavy atom. The van der Waals surface area contributed by atoms with Gasteiger partial charge in [-0.1, -0.05) is 42.5 Å². The summed E-state index contributed by atoms with van der Waals surface area (Å²) in [6, 6.07) is 19.6. The van der Waals surface area contributed by atoms with Crippen LogP contribution in [0.4, 0.5) is 15.8 Å². The molecule has 23 heavy (non-hydrogen) atoms. The predicted molar refractivity (Wildman–Crippen MR) is 92.1 cm³/mol. The molecule has 3 nitrogen and oxygen atoms in total. The van der Waals surface area contributed by atoms with Crippen LogP contribution >= 0.6 is 0 Å². The highest BCUT2D eigenvalue weighted by molar-refractivity contribution is 5.96. The molecule has 4 heteroatoms. The molecule has 116 valence electrons. The van der Waals surface area contributed by atoms with Crippen LogP contribution in [0.5, 0.6) is 0 Å². The molecular weight excluding hydrogens is 291 g/mol. The molecule has 3 aromatic carbocycles. The highest BCUT2D eigenvalue weighted by Crippen LogP contribution is 2.20. The first-order valence-electron chi connectivity index (χ1n) is 7.44. The fraction of sp³-hybridized carbons (Fsp3) is 0.105. The number of para-hydroxylation sites is 1. The number of carbonyl (C=O) groups excluding carboxylic acids is 1. The van der Waals surface area contributed by atoms with Gasteiger partial charge in [-0.15, -0.1) is 0 Å². The minimum atomic E-state index is -0.490. The number of halogens is 1. The molecule has 3 rings (SSSR count). The zero-order chi connectivity index (χ0) is 16.2. The van der Waals surface area contributed by atoms with Crippen molar-refractivity contribution in [1.29, 1.82) is 0 Å². The maximum Gasteiger partial charge on any atom is 0.246 e. The minimum Gasteiger partial charge on any atom is -0.374 e. The van der Waals surface area contributed by atoms with Gasteiger partial charge in [-0.3, -0.25) is 4.79 Å². The summed E-state index contributed by atoms with van der Waals surface area (Å²) >= 11 is 0. The van der Waals surface area contributed by atoms with Crippen molar-refractivity contribution >= 4 is 28.1 Å². The highest BCUT2D eigenvalue weighted by atomic mass is 19.1. The maximum atomic E-state index is 13.6. The van der Waals surface area contributed by atoms with Gasteiger partial charge in [-0.05, 0) is 42.0 Å². The van der Waals surface area contributed by atoms with Gasteiger partial charge in [0.2, 0.25) is 5.91 Å². The van der Waals surface area contributed by atoms with E-state index in [1.165, 1.54) is 12.1 Å². The summed E-state index contributed by atoms with van der Waals surface area (Å²) in [5.41, 5.74) is 1.03. The second-order valence-corrected chi connectivity index (χ2v) is 5.40. The SMILES string of the molecule is C[C@H](Nc1ccc2ccccc2c1)C(=O)Nc1ccccc1F. The summed E-state index contributed by atoms with van der Waals surface area (Å²) in [6.07, 6.45) is 0. The Bertz CT molecular complexity index is 847. The fourth-order valence-corrected chi connectivity index (χ4v) is 2.40. The van der Waals surface area contributed by atoms with Gasteiger partial charge in [0.05, 0.1) is 5.69 Å². The van der Waals surface area contributed by atoms with E-state index in [-0.39, 0.29) is 11.6 Å². The summed E-state index contributed by atoms with van der Waals surface area (Å²) in [5.74, 6) is -0.734. The van der Waals surface area contributed by atoms with E-state index >= 15 is 0 Å². The number of rotatable bonds is 4. The minimum absolute atomic E-state index is 0.185. The molecule has 2 N–H and O–H groups in total. The lowest BCUT2D eigenvalue weighted by atomic mass is 10.1. The molecule has 0 spiro atoms. The zero-order valence-electron chi connectivity index (χ0n) is 12.7. The fourth-order valence-electron chi connectivity index (χ4n) is 2.40. The highest BCUT2D eigenvalue weighted by Gasteiger charge is 2.14. The van der Waals surface area contributed by atoms with Crippen molar-refractivity contribution in [2.45, 2.75) is 13.0 Å². The van der Waals surface area contributed by atoms with Crippen molar-refractivity contribution < 1.29 is 9.18 Å². The lowest BCUT2D eigenvalue weighted by Crippen LogP contribution is -2.32. The molecule has 3 aromatic rings. The van der Waals surface area contributed by atoms with Crippen molar-refractivity contribution in [3.8, 4) is 0 Å². The van der Waals surface area contributed by atoms with Crippen LogP contribution in [0, 0.1) is 5.82 Å². The summed E-state index contributed by atoms with van der Waals surface area (Å²) < 4.78 is 13.6. The Kier molecular flexibility index (Phi) is 4.24. The van der Waals surface area contributed by atoms with E-state index in [4.69, 9.17) is 0 Å². The molecule has 0 aliphatic rings. The van der Waals surface area contributed by atoms with Crippen LogP contribution in [0.3, 0.4) is 0 Å². The quantitative estimate of drug-likeness (QED) is 0.749. The van der Waals surface area contributed by atoms with E-state index in [1.807, 2.05) is 42.5 Å². The lowest BCUT2D eigenvalue weighted by Gasteiger charge is -2.16. The average Bonchev–Trinajstić information content (AvgIpc) is 2.56. The Morgan fingerprint density at radius 3 is 2.43 bits per heavy atom. The molecule has 0 saturated carbocycles. The number of benzene rings is 3. The number of hydrogen-bond acceptors (Lipinski definition) is 2. The standard InChI is InChI=1S/C19H17FN2O/c1-13(19(23)22-18-9-5-4-8-17(18)20)21-16-11-10-14-6-2-3-7-15(14)12-16/h2-13,21H,1H3,(H,22,23)/t13-/m0/s1. The first kappa shape index (κ1) is 15.0. The summed E-state index contributed by atoms with van der Waals surface area (Å²) in [4.78, 5) is 12.2. The van der Waals surface area contributed by atoms with Gasteiger partial charge < -0.3 is 10.6 Å². The van der Waals surface area contributed by atoms with E-state index in [9.17, 15) is 9.18 Å². The van der Waals surface area contributed by atoms with Gasteiger partial charge in [0.1, 0.15) is 11.9 Å². The van der Waals surface area contributed by atoms with Gasteiger partial charge in [-0.25, -0.2) is 4.39 Å². The molecule has 0 unspecified atom stereocenters. The van der Waals surface area contributed by atoms with E-state index < -0.39 is 11.9 Å². The third-order valence-electron chi connectivity index (χ3n) is 3.66. The topological polar surface area (TPSA) is 41.1 Å². The van der Waals surface area contributed by atoms with Crippen LogP contribution in [0.2, 0.25) is 0 Å². The third-order valence-corrected chi connectivity index (χ3v) is 3.66. The Morgan fingerprint density at radius 1 is 0.957 bits per heavy atom. The van der Waals surface area contributed by atoms with E-state index in [2.05, 4.69) is 10.6 Å². The second-order valence-electron chi connectivity index (χ2n) is 5.40. The number of anilines is 2. The Balaban J connectivity index is 1.71. The number of amides is 1. The van der Waals surface area contributed by atoms with Crippen LogP contribution in [-0.2, 0) is 4.79 Å². The summed E-state index contributed by atoms with van der Waals surface area (Å²) in [7, 11) is 0. The average molecular weight is 308 g/mol. The number of nitrogens with one attached hydrogen (secondary N) is 2. The van der Waals surface area contributed by atoms with Crippen molar-refractivity contribution in [2.24, 2.45) is 0 Å². The first-order chi connectivity index (χ1) is 11.1. The van der Waals surface area contributed by atoms with Gasteiger partial charge in [0.15, 0.2) is 0 Å². The second kappa shape index (κ2) is 6.48.